The van der Waals surface area contributed by atoms with Crippen LogP contribution in [0.3, 0.4) is 0 Å². The van der Waals surface area contributed by atoms with Gasteiger partial charge >= 0.3 is 0 Å². The van der Waals surface area contributed by atoms with E-state index in [0.29, 0.717) is 0 Å². The molecule has 1 aliphatic heterocycles. The molecule has 0 spiro atoms. The summed E-state index contributed by atoms with van der Waals surface area (Å²) < 4.78 is 10.9. The maximum Gasteiger partial charge on any atom is 0.161 e. The van der Waals surface area contributed by atoms with E-state index in [2.05, 4.69) is 47.4 Å². The number of hydrogen-bond donors (Lipinski definition) is 0. The van der Waals surface area contributed by atoms with E-state index in [9.17, 15) is 0 Å². The molecule has 0 radical (unpaired) electrons. The van der Waals surface area contributed by atoms with Crippen molar-refractivity contribution in [3.63, 3.8) is 0 Å². The van der Waals surface area contributed by atoms with Crippen LogP contribution in [-0.4, -0.2) is 32.2 Å². The van der Waals surface area contributed by atoms with Crippen LogP contribution in [0.2, 0.25) is 0 Å². The van der Waals surface area contributed by atoms with Crippen LogP contribution in [0, 0.1) is 0 Å². The largest absolute Gasteiger partial charge is 0.493 e. The normalized spacial score (nSPS) is 16.3. The summed E-state index contributed by atoms with van der Waals surface area (Å²) in [5.74, 6) is 1.68. The number of benzene rings is 2. The smallest absolute Gasteiger partial charge is 0.161 e. The molecular formula is C24H29NO2. The number of aryl methyl sites for hydroxylation is 1. The Hall–Kier alpha value is -2.26. The summed E-state index contributed by atoms with van der Waals surface area (Å²) in [6, 6.07) is 13.2. The topological polar surface area (TPSA) is 21.7 Å². The van der Waals surface area contributed by atoms with Gasteiger partial charge in [0.05, 0.1) is 14.2 Å². The summed E-state index contributed by atoms with van der Waals surface area (Å²) in [6.45, 7) is 3.27. The van der Waals surface area contributed by atoms with Crippen molar-refractivity contribution < 1.29 is 9.47 Å². The molecule has 4 rings (SSSR count). The lowest BCUT2D eigenvalue weighted by Crippen LogP contribution is -2.31. The molecule has 1 heterocycles. The Morgan fingerprint density at radius 2 is 1.70 bits per heavy atom. The highest BCUT2D eigenvalue weighted by Crippen LogP contribution is 2.34. The standard InChI is InChI=1S/C24H29NO2/c1-26-23-15-20-12-14-25(17-21(20)16-24(23)27-2)13-6-10-19-9-5-8-18-7-3-4-11-22(18)19/h3-4,7,9,11,15-16H,5-6,8,10,12-14,17H2,1-2H3. The summed E-state index contributed by atoms with van der Waals surface area (Å²) in [4.78, 5) is 2.57. The number of fused-ring (bicyclic) bond motifs is 2. The van der Waals surface area contributed by atoms with Crippen LogP contribution in [-0.2, 0) is 19.4 Å². The third-order valence-electron chi connectivity index (χ3n) is 5.89. The van der Waals surface area contributed by atoms with Crippen LogP contribution < -0.4 is 9.47 Å². The van der Waals surface area contributed by atoms with Crippen LogP contribution in [0.1, 0.15) is 41.5 Å². The second kappa shape index (κ2) is 8.18. The number of rotatable bonds is 6. The van der Waals surface area contributed by atoms with E-state index in [0.717, 1.165) is 37.6 Å². The first kappa shape index (κ1) is 18.1. The van der Waals surface area contributed by atoms with E-state index in [1.807, 2.05) is 0 Å². The summed E-state index contributed by atoms with van der Waals surface area (Å²) in [6.07, 6.45) is 8.29. The molecule has 2 aliphatic rings. The molecule has 3 nitrogen and oxygen atoms in total. The molecule has 0 atom stereocenters. The van der Waals surface area contributed by atoms with Crippen molar-refractivity contribution in [1.82, 2.24) is 4.90 Å². The SMILES string of the molecule is COc1cc2c(cc1OC)CN(CCCC1=CCCc3ccccc31)CC2. The van der Waals surface area contributed by atoms with Gasteiger partial charge in [-0.25, -0.2) is 0 Å². The van der Waals surface area contributed by atoms with Gasteiger partial charge in [0.15, 0.2) is 11.5 Å². The highest BCUT2D eigenvalue weighted by Gasteiger charge is 2.19. The summed E-state index contributed by atoms with van der Waals surface area (Å²) in [7, 11) is 3.41. The second-order valence-electron chi connectivity index (χ2n) is 7.53. The maximum atomic E-state index is 5.48. The predicted octanol–water partition coefficient (Wildman–Crippen LogP) is 4.87. The molecule has 0 unspecified atom stereocenters. The zero-order chi connectivity index (χ0) is 18.6. The average molecular weight is 364 g/mol. The van der Waals surface area contributed by atoms with Gasteiger partial charge in [0.1, 0.15) is 0 Å². The van der Waals surface area contributed by atoms with Gasteiger partial charge in [0.25, 0.3) is 0 Å². The van der Waals surface area contributed by atoms with E-state index < -0.39 is 0 Å². The van der Waals surface area contributed by atoms with Crippen molar-refractivity contribution in [3.8, 4) is 11.5 Å². The number of nitrogens with zero attached hydrogens (tertiary/aromatic N) is 1. The first-order valence-corrected chi connectivity index (χ1v) is 10.0. The molecule has 0 amide bonds. The molecule has 1 aliphatic carbocycles. The summed E-state index contributed by atoms with van der Waals surface area (Å²) in [5.41, 5.74) is 7.31. The van der Waals surface area contributed by atoms with Crippen LogP contribution in [0.5, 0.6) is 11.5 Å². The predicted molar refractivity (Wildman–Crippen MR) is 111 cm³/mol. The van der Waals surface area contributed by atoms with Gasteiger partial charge in [-0.1, -0.05) is 30.3 Å². The van der Waals surface area contributed by atoms with Crippen LogP contribution in [0.4, 0.5) is 0 Å². The van der Waals surface area contributed by atoms with Gasteiger partial charge in [-0.05, 0) is 78.6 Å². The zero-order valence-electron chi connectivity index (χ0n) is 16.5. The molecule has 2 aromatic rings. The van der Waals surface area contributed by atoms with Gasteiger partial charge in [-0.15, -0.1) is 0 Å². The minimum Gasteiger partial charge on any atom is -0.493 e. The van der Waals surface area contributed by atoms with Gasteiger partial charge in [0.2, 0.25) is 0 Å². The molecule has 0 saturated carbocycles. The molecule has 0 saturated heterocycles. The maximum absolute atomic E-state index is 5.48. The lowest BCUT2D eigenvalue weighted by atomic mass is 9.88. The number of hydrogen-bond acceptors (Lipinski definition) is 3. The van der Waals surface area contributed by atoms with Crippen molar-refractivity contribution in [1.29, 1.82) is 0 Å². The first-order chi connectivity index (χ1) is 13.3. The molecule has 0 N–H and O–H groups in total. The number of ether oxygens (including phenoxy) is 2. The molecule has 0 fully saturated rings. The molecule has 0 aromatic heterocycles. The van der Waals surface area contributed by atoms with Gasteiger partial charge in [-0.2, -0.15) is 0 Å². The fraction of sp³-hybridized carbons (Fsp3) is 0.417. The fourth-order valence-electron chi connectivity index (χ4n) is 4.43. The highest BCUT2D eigenvalue weighted by atomic mass is 16.5. The average Bonchev–Trinajstić information content (AvgIpc) is 2.72. The second-order valence-corrected chi connectivity index (χ2v) is 7.53. The van der Waals surface area contributed by atoms with Gasteiger partial charge < -0.3 is 9.47 Å². The monoisotopic (exact) mass is 363 g/mol. The van der Waals surface area contributed by atoms with E-state index in [4.69, 9.17) is 9.47 Å². The fourth-order valence-corrected chi connectivity index (χ4v) is 4.43. The van der Waals surface area contributed by atoms with E-state index in [-0.39, 0.29) is 0 Å². The quantitative estimate of drug-likeness (QED) is 0.731. The van der Waals surface area contributed by atoms with Gasteiger partial charge in [-0.3, -0.25) is 4.90 Å². The third kappa shape index (κ3) is 3.89. The van der Waals surface area contributed by atoms with Crippen molar-refractivity contribution in [2.24, 2.45) is 0 Å². The van der Waals surface area contributed by atoms with Crippen molar-refractivity contribution in [2.75, 3.05) is 27.3 Å². The Morgan fingerprint density at radius 3 is 2.52 bits per heavy atom. The third-order valence-corrected chi connectivity index (χ3v) is 5.89. The van der Waals surface area contributed by atoms with Crippen molar-refractivity contribution in [2.45, 2.75) is 38.6 Å². The minimum atomic E-state index is 0.835. The molecule has 2 aromatic carbocycles. The lowest BCUT2D eigenvalue weighted by Gasteiger charge is -2.29. The minimum absolute atomic E-state index is 0.835. The zero-order valence-corrected chi connectivity index (χ0v) is 16.5. The lowest BCUT2D eigenvalue weighted by molar-refractivity contribution is 0.250. The number of methoxy groups -OCH3 is 2. The first-order valence-electron chi connectivity index (χ1n) is 10.0. The van der Waals surface area contributed by atoms with Gasteiger partial charge in [0, 0.05) is 13.1 Å². The van der Waals surface area contributed by atoms with Crippen molar-refractivity contribution >= 4 is 5.57 Å². The molecule has 27 heavy (non-hydrogen) atoms. The molecule has 0 bridgehead atoms. The van der Waals surface area contributed by atoms with Crippen molar-refractivity contribution in [3.05, 3.63) is 64.7 Å². The summed E-state index contributed by atoms with van der Waals surface area (Å²) in [5, 5.41) is 0. The van der Waals surface area contributed by atoms with E-state index in [1.54, 1.807) is 19.8 Å². The Kier molecular flexibility index (Phi) is 5.49. The van der Waals surface area contributed by atoms with E-state index in [1.165, 1.54) is 47.9 Å². The highest BCUT2D eigenvalue weighted by molar-refractivity contribution is 5.70. The Bertz CT molecular complexity index is 840. The Morgan fingerprint density at radius 1 is 0.926 bits per heavy atom. The van der Waals surface area contributed by atoms with Crippen LogP contribution in [0.25, 0.3) is 5.57 Å². The molecule has 142 valence electrons. The Balaban J connectivity index is 1.36. The summed E-state index contributed by atoms with van der Waals surface area (Å²) >= 11 is 0. The number of allylic oxidation sites excluding steroid dienone is 2. The van der Waals surface area contributed by atoms with E-state index >= 15 is 0 Å². The Labute approximate surface area is 162 Å². The van der Waals surface area contributed by atoms with Crippen LogP contribution in [0.15, 0.2) is 42.5 Å². The molecular weight excluding hydrogens is 334 g/mol. The molecule has 3 heteroatoms. The van der Waals surface area contributed by atoms with Crippen LogP contribution >= 0.6 is 0 Å².